The first kappa shape index (κ1) is 19.8. The molecule has 0 radical (unpaired) electrons. The highest BCUT2D eigenvalue weighted by molar-refractivity contribution is 7.89. The SMILES string of the molecule is CC(=O)c1ccc(N2CCN(S(=O)(=O)c3ccc4c(c3)-c3oncc3CO4)CC2)cc1. The Morgan fingerprint density at radius 2 is 1.77 bits per heavy atom. The third kappa shape index (κ3) is 3.49. The number of carbonyl (C=O) groups is 1. The molecule has 1 aromatic heterocycles. The summed E-state index contributed by atoms with van der Waals surface area (Å²) < 4.78 is 39.0. The van der Waals surface area contributed by atoms with Crippen molar-refractivity contribution in [1.29, 1.82) is 0 Å². The van der Waals surface area contributed by atoms with Crippen molar-refractivity contribution in [1.82, 2.24) is 9.46 Å². The van der Waals surface area contributed by atoms with Crippen LogP contribution in [-0.2, 0) is 16.6 Å². The van der Waals surface area contributed by atoms with Crippen LogP contribution in [-0.4, -0.2) is 49.8 Å². The fourth-order valence-electron chi connectivity index (χ4n) is 3.96. The summed E-state index contributed by atoms with van der Waals surface area (Å²) in [5.74, 6) is 1.16. The van der Waals surface area contributed by atoms with E-state index in [0.29, 0.717) is 55.4 Å². The first-order chi connectivity index (χ1) is 14.9. The Hall–Kier alpha value is -3.17. The lowest BCUT2D eigenvalue weighted by Gasteiger charge is -2.35. The van der Waals surface area contributed by atoms with E-state index in [1.807, 2.05) is 12.1 Å². The number of rotatable bonds is 4. The predicted octanol–water partition coefficient (Wildman–Crippen LogP) is 2.95. The van der Waals surface area contributed by atoms with Crippen molar-refractivity contribution in [2.75, 3.05) is 31.1 Å². The number of benzene rings is 2. The summed E-state index contributed by atoms with van der Waals surface area (Å²) in [4.78, 5) is 13.8. The van der Waals surface area contributed by atoms with Crippen molar-refractivity contribution in [3.63, 3.8) is 0 Å². The Morgan fingerprint density at radius 3 is 2.48 bits per heavy atom. The Bertz CT molecular complexity index is 1240. The van der Waals surface area contributed by atoms with Gasteiger partial charge in [0.05, 0.1) is 22.2 Å². The van der Waals surface area contributed by atoms with Crippen LogP contribution in [0.4, 0.5) is 5.69 Å². The van der Waals surface area contributed by atoms with Gasteiger partial charge in [0.15, 0.2) is 11.5 Å². The number of sulfonamides is 1. The van der Waals surface area contributed by atoms with Gasteiger partial charge in [-0.3, -0.25) is 4.79 Å². The molecule has 2 aliphatic heterocycles. The van der Waals surface area contributed by atoms with Gasteiger partial charge in [0.2, 0.25) is 10.0 Å². The molecule has 2 aromatic carbocycles. The quantitative estimate of drug-likeness (QED) is 0.577. The standard InChI is InChI=1S/C22H21N3O5S/c1-15(26)16-2-4-18(5-3-16)24-8-10-25(11-9-24)31(27,28)19-6-7-21-20(12-19)22-17(14-29-21)13-23-30-22/h2-7,12-13H,8-11,14H2,1H3. The Balaban J connectivity index is 1.34. The first-order valence-corrected chi connectivity index (χ1v) is 11.4. The number of anilines is 1. The zero-order valence-corrected chi connectivity index (χ0v) is 17.8. The molecule has 3 heterocycles. The van der Waals surface area contributed by atoms with Crippen molar-refractivity contribution in [2.45, 2.75) is 18.4 Å². The molecule has 0 spiro atoms. The normalized spacial score (nSPS) is 16.4. The molecule has 0 N–H and O–H groups in total. The van der Waals surface area contributed by atoms with Gasteiger partial charge in [-0.25, -0.2) is 8.42 Å². The minimum Gasteiger partial charge on any atom is -0.488 e. The van der Waals surface area contributed by atoms with Crippen LogP contribution in [0.3, 0.4) is 0 Å². The summed E-state index contributed by atoms with van der Waals surface area (Å²) in [5.41, 5.74) is 3.04. The predicted molar refractivity (Wildman–Crippen MR) is 114 cm³/mol. The Kier molecular flexibility index (Phi) is 4.79. The number of aromatic nitrogens is 1. The Labute approximate surface area is 180 Å². The van der Waals surface area contributed by atoms with Gasteiger partial charge in [0.25, 0.3) is 0 Å². The maximum absolute atomic E-state index is 13.3. The van der Waals surface area contributed by atoms with Gasteiger partial charge < -0.3 is 14.2 Å². The molecule has 3 aromatic rings. The molecular formula is C22H21N3O5S. The number of piperazine rings is 1. The van der Waals surface area contributed by atoms with E-state index in [4.69, 9.17) is 9.26 Å². The molecule has 0 atom stereocenters. The number of ether oxygens (including phenoxy) is 1. The third-order valence-corrected chi connectivity index (χ3v) is 7.63. The van der Waals surface area contributed by atoms with E-state index < -0.39 is 10.0 Å². The van der Waals surface area contributed by atoms with E-state index >= 15 is 0 Å². The van der Waals surface area contributed by atoms with Crippen molar-refractivity contribution >= 4 is 21.5 Å². The molecule has 31 heavy (non-hydrogen) atoms. The second-order valence-corrected chi connectivity index (χ2v) is 9.56. The van der Waals surface area contributed by atoms with Gasteiger partial charge in [-0.1, -0.05) is 5.16 Å². The minimum absolute atomic E-state index is 0.0235. The van der Waals surface area contributed by atoms with E-state index in [1.165, 1.54) is 11.2 Å². The highest BCUT2D eigenvalue weighted by atomic mass is 32.2. The van der Waals surface area contributed by atoms with Crippen LogP contribution in [0.5, 0.6) is 5.75 Å². The van der Waals surface area contributed by atoms with Crippen LogP contribution in [0.2, 0.25) is 0 Å². The van der Waals surface area contributed by atoms with Crippen LogP contribution in [0.15, 0.2) is 58.1 Å². The molecule has 0 saturated carbocycles. The highest BCUT2D eigenvalue weighted by Gasteiger charge is 2.31. The molecule has 5 rings (SSSR count). The van der Waals surface area contributed by atoms with E-state index in [0.717, 1.165) is 11.3 Å². The molecule has 2 aliphatic rings. The first-order valence-electron chi connectivity index (χ1n) is 10.0. The highest BCUT2D eigenvalue weighted by Crippen LogP contribution is 2.39. The monoisotopic (exact) mass is 439 g/mol. The molecule has 160 valence electrons. The number of fused-ring (bicyclic) bond motifs is 3. The second-order valence-electron chi connectivity index (χ2n) is 7.62. The van der Waals surface area contributed by atoms with Crippen LogP contribution in [0, 0.1) is 0 Å². The van der Waals surface area contributed by atoms with Gasteiger partial charge >= 0.3 is 0 Å². The van der Waals surface area contributed by atoms with Gasteiger partial charge in [-0.15, -0.1) is 0 Å². The zero-order valence-electron chi connectivity index (χ0n) is 16.9. The fourth-order valence-corrected chi connectivity index (χ4v) is 5.40. The van der Waals surface area contributed by atoms with Crippen LogP contribution >= 0.6 is 0 Å². The van der Waals surface area contributed by atoms with E-state index in [2.05, 4.69) is 10.1 Å². The smallest absolute Gasteiger partial charge is 0.243 e. The summed E-state index contributed by atoms with van der Waals surface area (Å²) in [7, 11) is -3.66. The van der Waals surface area contributed by atoms with Crippen LogP contribution in [0.1, 0.15) is 22.8 Å². The molecule has 0 unspecified atom stereocenters. The number of hydrogen-bond donors (Lipinski definition) is 0. The fraction of sp³-hybridized carbons (Fsp3) is 0.273. The largest absolute Gasteiger partial charge is 0.488 e. The van der Waals surface area contributed by atoms with Gasteiger partial charge in [0.1, 0.15) is 12.4 Å². The van der Waals surface area contributed by atoms with Gasteiger partial charge in [-0.2, -0.15) is 4.31 Å². The summed E-state index contributed by atoms with van der Waals surface area (Å²) in [6, 6.07) is 12.2. The maximum Gasteiger partial charge on any atom is 0.243 e. The van der Waals surface area contributed by atoms with Crippen molar-refractivity contribution < 1.29 is 22.5 Å². The topological polar surface area (TPSA) is 93.0 Å². The summed E-state index contributed by atoms with van der Waals surface area (Å²) in [5, 5.41) is 3.80. The van der Waals surface area contributed by atoms with Crippen molar-refractivity contribution in [3.8, 4) is 17.1 Å². The molecule has 8 nitrogen and oxygen atoms in total. The van der Waals surface area contributed by atoms with Gasteiger partial charge in [0, 0.05) is 37.4 Å². The van der Waals surface area contributed by atoms with E-state index in [1.54, 1.807) is 36.5 Å². The summed E-state index contributed by atoms with van der Waals surface area (Å²) in [6.07, 6.45) is 1.58. The molecule has 9 heteroatoms. The van der Waals surface area contributed by atoms with Crippen LogP contribution < -0.4 is 9.64 Å². The zero-order chi connectivity index (χ0) is 21.6. The lowest BCUT2D eigenvalue weighted by Crippen LogP contribution is -2.48. The summed E-state index contributed by atoms with van der Waals surface area (Å²) in [6.45, 7) is 3.77. The second kappa shape index (κ2) is 7.51. The van der Waals surface area contributed by atoms with E-state index in [9.17, 15) is 13.2 Å². The lowest BCUT2D eigenvalue weighted by molar-refractivity contribution is 0.101. The van der Waals surface area contributed by atoms with Crippen molar-refractivity contribution in [3.05, 3.63) is 59.8 Å². The average Bonchev–Trinajstić information content (AvgIpc) is 3.28. The molecule has 1 fully saturated rings. The number of nitrogens with zero attached hydrogens (tertiary/aromatic N) is 3. The summed E-state index contributed by atoms with van der Waals surface area (Å²) >= 11 is 0. The lowest BCUT2D eigenvalue weighted by atomic mass is 10.1. The molecule has 0 amide bonds. The van der Waals surface area contributed by atoms with E-state index in [-0.39, 0.29) is 10.7 Å². The minimum atomic E-state index is -3.66. The molecule has 0 aliphatic carbocycles. The Morgan fingerprint density at radius 1 is 1.03 bits per heavy atom. The third-order valence-electron chi connectivity index (χ3n) is 5.74. The number of Topliss-reactive ketones (excluding diaryl/α,β-unsaturated/α-hetero) is 1. The average molecular weight is 439 g/mol. The molecule has 1 saturated heterocycles. The number of ketones is 1. The number of hydrogen-bond acceptors (Lipinski definition) is 7. The van der Waals surface area contributed by atoms with Gasteiger partial charge in [-0.05, 0) is 49.4 Å². The molecular weight excluding hydrogens is 418 g/mol. The van der Waals surface area contributed by atoms with Crippen LogP contribution in [0.25, 0.3) is 11.3 Å². The molecule has 0 bridgehead atoms. The number of carbonyl (C=O) groups excluding carboxylic acids is 1. The van der Waals surface area contributed by atoms with Crippen molar-refractivity contribution in [2.24, 2.45) is 0 Å². The maximum atomic E-state index is 13.3.